The molecule has 5 heteroatoms. The number of aromatic nitrogens is 2. The van der Waals surface area contributed by atoms with E-state index in [0.29, 0.717) is 17.9 Å². The second-order valence-electron chi connectivity index (χ2n) is 4.84. The summed E-state index contributed by atoms with van der Waals surface area (Å²) in [5, 5.41) is 3.21. The largest absolute Gasteiger partial charge is 0.311 e. The fourth-order valence-electron chi connectivity index (χ4n) is 2.59. The predicted octanol–water partition coefficient (Wildman–Crippen LogP) is 2.41. The Labute approximate surface area is 110 Å². The van der Waals surface area contributed by atoms with E-state index in [9.17, 15) is 8.78 Å². The molecule has 3 nitrogen and oxygen atoms in total. The monoisotopic (exact) mass is 263 g/mol. The molecule has 1 aromatic heterocycles. The summed E-state index contributed by atoms with van der Waals surface area (Å²) in [5.74, 6) is -0.441. The number of aryl methyl sites for hydroxylation is 2. The molecule has 1 aliphatic heterocycles. The molecule has 0 amide bonds. The topological polar surface area (TPSA) is 29.9 Å². The van der Waals surface area contributed by atoms with Crippen LogP contribution < -0.4 is 5.32 Å². The van der Waals surface area contributed by atoms with E-state index in [0.717, 1.165) is 24.4 Å². The normalized spacial score (nSPS) is 14.5. The molecule has 3 rings (SSSR count). The number of hydrogen-bond acceptors (Lipinski definition) is 2. The summed E-state index contributed by atoms with van der Waals surface area (Å²) < 4.78 is 29.9. The molecule has 2 heterocycles. The Hall–Kier alpha value is -1.75. The molecule has 0 saturated heterocycles. The Balaban J connectivity index is 2.28. The van der Waals surface area contributed by atoms with E-state index in [2.05, 4.69) is 10.3 Å². The second-order valence-corrected chi connectivity index (χ2v) is 4.84. The van der Waals surface area contributed by atoms with Crippen LogP contribution >= 0.6 is 0 Å². The van der Waals surface area contributed by atoms with E-state index in [4.69, 9.17) is 0 Å². The first kappa shape index (κ1) is 12.3. The molecule has 0 bridgehead atoms. The van der Waals surface area contributed by atoms with Crippen molar-refractivity contribution in [3.8, 4) is 5.69 Å². The third-order valence-electron chi connectivity index (χ3n) is 3.54. The molecule has 0 saturated carbocycles. The van der Waals surface area contributed by atoms with Gasteiger partial charge < -0.3 is 5.32 Å². The van der Waals surface area contributed by atoms with Gasteiger partial charge in [-0.25, -0.2) is 13.8 Å². The van der Waals surface area contributed by atoms with Crippen molar-refractivity contribution in [2.45, 2.75) is 26.8 Å². The molecule has 1 N–H and O–H groups in total. The van der Waals surface area contributed by atoms with Gasteiger partial charge in [-0.2, -0.15) is 0 Å². The summed E-state index contributed by atoms with van der Waals surface area (Å²) in [7, 11) is 0. The Morgan fingerprint density at radius 2 is 2.05 bits per heavy atom. The number of fused-ring (bicyclic) bond motifs is 1. The minimum Gasteiger partial charge on any atom is -0.311 e. The Morgan fingerprint density at radius 1 is 1.26 bits per heavy atom. The van der Waals surface area contributed by atoms with Gasteiger partial charge in [0.25, 0.3) is 0 Å². The van der Waals surface area contributed by atoms with Gasteiger partial charge in [0.05, 0.1) is 5.69 Å². The van der Waals surface area contributed by atoms with Crippen molar-refractivity contribution < 1.29 is 8.78 Å². The van der Waals surface area contributed by atoms with E-state index >= 15 is 0 Å². The molecule has 2 aromatic rings. The molecular formula is C14H15F2N3. The molecule has 1 aliphatic rings. The first-order chi connectivity index (χ1) is 9.09. The van der Waals surface area contributed by atoms with Gasteiger partial charge in [-0.3, -0.25) is 4.57 Å². The zero-order chi connectivity index (χ0) is 13.6. The average Bonchev–Trinajstić information content (AvgIpc) is 2.72. The number of nitrogens with one attached hydrogen (secondary N) is 1. The first-order valence-electron chi connectivity index (χ1n) is 6.32. The highest BCUT2D eigenvalue weighted by molar-refractivity contribution is 5.43. The Bertz CT molecular complexity index is 647. The third-order valence-corrected chi connectivity index (χ3v) is 3.54. The lowest BCUT2D eigenvalue weighted by Gasteiger charge is -2.17. The van der Waals surface area contributed by atoms with Crippen LogP contribution in [0, 0.1) is 25.5 Å². The highest BCUT2D eigenvalue weighted by Crippen LogP contribution is 2.26. The Morgan fingerprint density at radius 3 is 2.84 bits per heavy atom. The Kier molecular flexibility index (Phi) is 2.86. The molecule has 0 radical (unpaired) electrons. The highest BCUT2D eigenvalue weighted by Gasteiger charge is 2.23. The summed E-state index contributed by atoms with van der Waals surface area (Å²) in [6, 6.07) is 2.76. The maximum atomic E-state index is 14.3. The number of hydrogen-bond donors (Lipinski definition) is 1. The van der Waals surface area contributed by atoms with E-state index in [1.165, 1.54) is 12.1 Å². The van der Waals surface area contributed by atoms with Crippen LogP contribution in [0.5, 0.6) is 0 Å². The van der Waals surface area contributed by atoms with Gasteiger partial charge in [0.2, 0.25) is 0 Å². The van der Waals surface area contributed by atoms with Crippen molar-refractivity contribution in [1.82, 2.24) is 14.9 Å². The molecule has 0 aliphatic carbocycles. The van der Waals surface area contributed by atoms with Gasteiger partial charge in [-0.05, 0) is 25.5 Å². The SMILES string of the molecule is Cc1ccc(F)c(-n2c(C)nc3c2CCNC3)c1F. The maximum Gasteiger partial charge on any atom is 0.153 e. The van der Waals surface area contributed by atoms with Gasteiger partial charge in [-0.15, -0.1) is 0 Å². The summed E-state index contributed by atoms with van der Waals surface area (Å²) in [4.78, 5) is 4.41. The first-order valence-corrected chi connectivity index (χ1v) is 6.32. The summed E-state index contributed by atoms with van der Waals surface area (Å²) >= 11 is 0. The number of rotatable bonds is 1. The van der Waals surface area contributed by atoms with Gasteiger partial charge >= 0.3 is 0 Å². The van der Waals surface area contributed by atoms with Crippen molar-refractivity contribution in [3.05, 3.63) is 46.5 Å². The highest BCUT2D eigenvalue weighted by atomic mass is 19.1. The van der Waals surface area contributed by atoms with Crippen LogP contribution in [0.25, 0.3) is 5.69 Å². The lowest BCUT2D eigenvalue weighted by Crippen LogP contribution is -2.25. The van der Waals surface area contributed by atoms with Crippen molar-refractivity contribution in [1.29, 1.82) is 0 Å². The van der Waals surface area contributed by atoms with Gasteiger partial charge in [0, 0.05) is 25.2 Å². The van der Waals surface area contributed by atoms with Gasteiger partial charge in [0.1, 0.15) is 17.3 Å². The van der Waals surface area contributed by atoms with Crippen molar-refractivity contribution >= 4 is 0 Å². The number of halogens is 2. The van der Waals surface area contributed by atoms with Crippen LogP contribution in [0.4, 0.5) is 8.78 Å². The lowest BCUT2D eigenvalue weighted by atomic mass is 10.1. The van der Waals surface area contributed by atoms with Gasteiger partial charge in [0.15, 0.2) is 5.82 Å². The van der Waals surface area contributed by atoms with Crippen LogP contribution in [-0.2, 0) is 13.0 Å². The van der Waals surface area contributed by atoms with Crippen molar-refractivity contribution in [3.63, 3.8) is 0 Å². The molecule has 100 valence electrons. The quantitative estimate of drug-likeness (QED) is 0.856. The van der Waals surface area contributed by atoms with E-state index in [-0.39, 0.29) is 5.69 Å². The summed E-state index contributed by atoms with van der Waals surface area (Å²) in [6.45, 7) is 4.86. The zero-order valence-electron chi connectivity index (χ0n) is 10.9. The van der Waals surface area contributed by atoms with Gasteiger partial charge in [-0.1, -0.05) is 6.07 Å². The molecule has 0 fully saturated rings. The summed E-state index contributed by atoms with van der Waals surface area (Å²) in [6.07, 6.45) is 0.725. The van der Waals surface area contributed by atoms with Crippen molar-refractivity contribution in [2.24, 2.45) is 0 Å². The second kappa shape index (κ2) is 4.42. The molecular weight excluding hydrogens is 248 g/mol. The lowest BCUT2D eigenvalue weighted by molar-refractivity contribution is 0.553. The van der Waals surface area contributed by atoms with Crippen LogP contribution in [0.15, 0.2) is 12.1 Å². The maximum absolute atomic E-state index is 14.3. The fraction of sp³-hybridized carbons (Fsp3) is 0.357. The fourth-order valence-corrected chi connectivity index (χ4v) is 2.59. The molecule has 0 unspecified atom stereocenters. The average molecular weight is 263 g/mol. The zero-order valence-corrected chi connectivity index (χ0v) is 10.9. The minimum atomic E-state index is -0.551. The predicted molar refractivity (Wildman–Crippen MR) is 68.4 cm³/mol. The van der Waals surface area contributed by atoms with E-state index in [1.807, 2.05) is 0 Å². The van der Waals surface area contributed by atoms with Crippen LogP contribution in [0.1, 0.15) is 22.8 Å². The smallest absolute Gasteiger partial charge is 0.153 e. The molecule has 19 heavy (non-hydrogen) atoms. The standard InChI is InChI=1S/C14H15F2N3/c1-8-3-4-10(15)14(13(8)16)19-9(2)18-11-7-17-6-5-12(11)19/h3-4,17H,5-7H2,1-2H3. The number of imidazole rings is 1. The van der Waals surface area contributed by atoms with Crippen LogP contribution in [-0.4, -0.2) is 16.1 Å². The third kappa shape index (κ3) is 1.85. The molecule has 1 aromatic carbocycles. The number of benzene rings is 1. The summed E-state index contributed by atoms with van der Waals surface area (Å²) in [5.41, 5.74) is 2.21. The number of nitrogens with zero attached hydrogens (tertiary/aromatic N) is 2. The van der Waals surface area contributed by atoms with E-state index < -0.39 is 11.6 Å². The minimum absolute atomic E-state index is 0.00634. The van der Waals surface area contributed by atoms with Crippen LogP contribution in [0.3, 0.4) is 0 Å². The van der Waals surface area contributed by atoms with E-state index in [1.54, 1.807) is 18.4 Å². The molecule has 0 spiro atoms. The van der Waals surface area contributed by atoms with Crippen molar-refractivity contribution in [2.75, 3.05) is 6.54 Å². The van der Waals surface area contributed by atoms with Crippen LogP contribution in [0.2, 0.25) is 0 Å². The molecule has 0 atom stereocenters.